The van der Waals surface area contributed by atoms with Gasteiger partial charge in [0.05, 0.1) is 21.3 Å². The van der Waals surface area contributed by atoms with E-state index in [1.165, 1.54) is 25.7 Å². The van der Waals surface area contributed by atoms with Crippen molar-refractivity contribution in [1.82, 2.24) is 0 Å². The molecule has 1 N–H and O–H groups in total. The van der Waals surface area contributed by atoms with Crippen molar-refractivity contribution >= 4 is 40.5 Å². The summed E-state index contributed by atoms with van der Waals surface area (Å²) in [6.07, 6.45) is 6.91. The molecule has 1 aliphatic heterocycles. The molecule has 1 spiro atoms. The first kappa shape index (κ1) is 14.8. The molecule has 3 rings (SSSR count). The van der Waals surface area contributed by atoms with Crippen LogP contribution in [0.4, 0.5) is 5.69 Å². The minimum absolute atomic E-state index is 0.0846. The molecule has 1 unspecified atom stereocenters. The third kappa shape index (κ3) is 3.04. The predicted octanol–water partition coefficient (Wildman–Crippen LogP) is 5.55. The second-order valence-electron chi connectivity index (χ2n) is 5.82. The van der Waals surface area contributed by atoms with Crippen LogP contribution in [0.3, 0.4) is 0 Å². The average molecular weight is 335 g/mol. The van der Waals surface area contributed by atoms with Gasteiger partial charge >= 0.3 is 0 Å². The summed E-state index contributed by atoms with van der Waals surface area (Å²) in [6.45, 7) is 0.806. The fraction of sp³-hybridized carbons (Fsp3) is 0.600. The van der Waals surface area contributed by atoms with E-state index in [0.717, 1.165) is 25.1 Å². The highest BCUT2D eigenvalue weighted by Gasteiger charge is 2.40. The molecule has 20 heavy (non-hydrogen) atoms. The van der Waals surface area contributed by atoms with Gasteiger partial charge in [-0.15, -0.1) is 0 Å². The molecule has 2 nitrogen and oxygen atoms in total. The molecule has 2 aliphatic rings. The van der Waals surface area contributed by atoms with E-state index in [4.69, 9.17) is 39.5 Å². The van der Waals surface area contributed by atoms with Crippen molar-refractivity contribution in [1.29, 1.82) is 0 Å². The van der Waals surface area contributed by atoms with Crippen LogP contribution >= 0.6 is 34.8 Å². The maximum absolute atomic E-state index is 6.24. The van der Waals surface area contributed by atoms with Gasteiger partial charge in [0.1, 0.15) is 0 Å². The van der Waals surface area contributed by atoms with Crippen molar-refractivity contribution in [3.05, 3.63) is 27.2 Å². The summed E-state index contributed by atoms with van der Waals surface area (Å²) in [7, 11) is 0. The smallest absolute Gasteiger partial charge is 0.0722 e. The Bertz CT molecular complexity index is 477. The highest BCUT2D eigenvalue weighted by Crippen LogP contribution is 2.42. The maximum atomic E-state index is 6.24. The van der Waals surface area contributed by atoms with Gasteiger partial charge in [-0.3, -0.25) is 0 Å². The van der Waals surface area contributed by atoms with Gasteiger partial charge in [-0.25, -0.2) is 0 Å². The number of halogens is 3. The number of rotatable bonds is 2. The standard InChI is InChI=1S/C15H18Cl3NO/c16-10-7-12(17)14(13(18)8-10)19-11-3-6-20-15(9-11)4-1-2-5-15/h7-8,11,19H,1-6,9H2. The predicted molar refractivity (Wildman–Crippen MR) is 85.3 cm³/mol. The lowest BCUT2D eigenvalue weighted by atomic mass is 9.89. The van der Waals surface area contributed by atoms with Crippen LogP contribution in [0.1, 0.15) is 38.5 Å². The lowest BCUT2D eigenvalue weighted by Crippen LogP contribution is -2.42. The van der Waals surface area contributed by atoms with E-state index in [2.05, 4.69) is 5.32 Å². The Kier molecular flexibility index (Phi) is 4.37. The fourth-order valence-electron chi connectivity index (χ4n) is 3.40. The van der Waals surface area contributed by atoms with Crippen molar-refractivity contribution in [3.63, 3.8) is 0 Å². The zero-order valence-corrected chi connectivity index (χ0v) is 13.5. The van der Waals surface area contributed by atoms with Crippen molar-refractivity contribution in [2.75, 3.05) is 11.9 Å². The molecule has 1 aromatic carbocycles. The molecule has 1 aromatic rings. The van der Waals surface area contributed by atoms with Crippen LogP contribution in [-0.4, -0.2) is 18.2 Å². The van der Waals surface area contributed by atoms with E-state index in [1.54, 1.807) is 12.1 Å². The van der Waals surface area contributed by atoms with Gasteiger partial charge < -0.3 is 10.1 Å². The molecular formula is C15H18Cl3NO. The largest absolute Gasteiger partial charge is 0.380 e. The van der Waals surface area contributed by atoms with E-state index in [-0.39, 0.29) is 5.60 Å². The molecule has 0 radical (unpaired) electrons. The second kappa shape index (κ2) is 5.92. The third-order valence-corrected chi connectivity index (χ3v) is 5.18. The first-order valence-corrected chi connectivity index (χ1v) is 8.26. The fourth-order valence-corrected chi connectivity index (χ4v) is 4.33. The number of benzene rings is 1. The van der Waals surface area contributed by atoms with Crippen LogP contribution in [-0.2, 0) is 4.74 Å². The molecule has 1 atom stereocenters. The first-order chi connectivity index (χ1) is 9.58. The minimum atomic E-state index is 0.0846. The lowest BCUT2D eigenvalue weighted by Gasteiger charge is -2.39. The van der Waals surface area contributed by atoms with Gasteiger partial charge in [-0.2, -0.15) is 0 Å². The maximum Gasteiger partial charge on any atom is 0.0722 e. The van der Waals surface area contributed by atoms with E-state index in [0.29, 0.717) is 21.1 Å². The highest BCUT2D eigenvalue weighted by molar-refractivity contribution is 6.41. The lowest BCUT2D eigenvalue weighted by molar-refractivity contribution is -0.0767. The molecule has 1 saturated carbocycles. The molecular weight excluding hydrogens is 317 g/mol. The van der Waals surface area contributed by atoms with E-state index >= 15 is 0 Å². The van der Waals surface area contributed by atoms with E-state index < -0.39 is 0 Å². The number of hydrogen-bond donors (Lipinski definition) is 1. The Morgan fingerprint density at radius 1 is 1.10 bits per heavy atom. The molecule has 1 aliphatic carbocycles. The molecule has 1 heterocycles. The highest BCUT2D eigenvalue weighted by atomic mass is 35.5. The quantitative estimate of drug-likeness (QED) is 0.765. The van der Waals surface area contributed by atoms with Gasteiger partial charge in [0.15, 0.2) is 0 Å². The molecule has 2 fully saturated rings. The Morgan fingerprint density at radius 3 is 2.40 bits per heavy atom. The van der Waals surface area contributed by atoms with E-state index in [1.807, 2.05) is 0 Å². The topological polar surface area (TPSA) is 21.3 Å². The Labute approximate surface area is 134 Å². The monoisotopic (exact) mass is 333 g/mol. The summed E-state index contributed by atoms with van der Waals surface area (Å²) in [6, 6.07) is 3.81. The first-order valence-electron chi connectivity index (χ1n) is 7.13. The number of hydrogen-bond acceptors (Lipinski definition) is 2. The molecule has 110 valence electrons. The summed E-state index contributed by atoms with van der Waals surface area (Å²) < 4.78 is 6.05. The zero-order valence-electron chi connectivity index (χ0n) is 11.2. The van der Waals surface area contributed by atoms with Crippen LogP contribution in [0.5, 0.6) is 0 Å². The minimum Gasteiger partial charge on any atom is -0.380 e. The summed E-state index contributed by atoms with van der Waals surface area (Å²) in [5.41, 5.74) is 0.874. The second-order valence-corrected chi connectivity index (χ2v) is 7.07. The van der Waals surface area contributed by atoms with E-state index in [9.17, 15) is 0 Å². The van der Waals surface area contributed by atoms with Crippen LogP contribution < -0.4 is 5.32 Å². The van der Waals surface area contributed by atoms with Crippen molar-refractivity contribution < 1.29 is 4.74 Å². The van der Waals surface area contributed by atoms with Gasteiger partial charge in [-0.05, 0) is 37.8 Å². The number of ether oxygens (including phenoxy) is 1. The molecule has 5 heteroatoms. The van der Waals surface area contributed by atoms with Crippen molar-refractivity contribution in [2.24, 2.45) is 0 Å². The SMILES string of the molecule is Clc1cc(Cl)c(NC2CCOC3(CCCC3)C2)c(Cl)c1. The van der Waals surface area contributed by atoms with Crippen molar-refractivity contribution in [3.8, 4) is 0 Å². The van der Waals surface area contributed by atoms with Crippen molar-refractivity contribution in [2.45, 2.75) is 50.2 Å². The van der Waals surface area contributed by atoms with Gasteiger partial charge in [0.25, 0.3) is 0 Å². The summed E-state index contributed by atoms with van der Waals surface area (Å²) in [5, 5.41) is 5.21. The molecule has 0 bridgehead atoms. The molecule has 1 saturated heterocycles. The summed E-state index contributed by atoms with van der Waals surface area (Å²) in [5.74, 6) is 0. The molecule has 0 aromatic heterocycles. The summed E-state index contributed by atoms with van der Waals surface area (Å²) >= 11 is 18.4. The van der Waals surface area contributed by atoms with Crippen LogP contribution in [0, 0.1) is 0 Å². The molecule has 0 amide bonds. The third-order valence-electron chi connectivity index (χ3n) is 4.36. The number of anilines is 1. The average Bonchev–Trinajstić information content (AvgIpc) is 2.82. The van der Waals surface area contributed by atoms with Gasteiger partial charge in [0, 0.05) is 17.7 Å². The normalized spacial score (nSPS) is 25.1. The number of nitrogens with one attached hydrogen (secondary N) is 1. The zero-order chi connectivity index (χ0) is 14.2. The van der Waals surface area contributed by atoms with Crippen LogP contribution in [0.15, 0.2) is 12.1 Å². The van der Waals surface area contributed by atoms with Gasteiger partial charge in [0.2, 0.25) is 0 Å². The van der Waals surface area contributed by atoms with Crippen LogP contribution in [0.25, 0.3) is 0 Å². The Balaban J connectivity index is 1.74. The Hall–Kier alpha value is -0.150. The van der Waals surface area contributed by atoms with Gasteiger partial charge in [-0.1, -0.05) is 47.6 Å². The van der Waals surface area contributed by atoms with Crippen LogP contribution in [0.2, 0.25) is 15.1 Å². The summed E-state index contributed by atoms with van der Waals surface area (Å²) in [4.78, 5) is 0. The Morgan fingerprint density at radius 2 is 1.75 bits per heavy atom.